The van der Waals surface area contributed by atoms with Crippen LogP contribution in [0, 0.1) is 12.7 Å². The Labute approximate surface area is 202 Å². The van der Waals surface area contributed by atoms with Crippen molar-refractivity contribution in [2.75, 3.05) is 0 Å². The molecule has 34 heavy (non-hydrogen) atoms. The molecule has 1 fully saturated rings. The molecule has 0 spiro atoms. The second-order valence-electron chi connectivity index (χ2n) is 8.32. The van der Waals surface area contributed by atoms with E-state index in [1.165, 1.54) is 12.1 Å². The van der Waals surface area contributed by atoms with Gasteiger partial charge in [-0.05, 0) is 62.2 Å². The lowest BCUT2D eigenvalue weighted by atomic mass is 10.1. The van der Waals surface area contributed by atoms with Crippen molar-refractivity contribution < 1.29 is 13.9 Å². The number of rotatable bonds is 7. The van der Waals surface area contributed by atoms with Gasteiger partial charge in [-0.1, -0.05) is 48.0 Å². The third-order valence-electron chi connectivity index (χ3n) is 5.83. The second kappa shape index (κ2) is 9.31. The highest BCUT2D eigenvalue weighted by molar-refractivity contribution is 6.30. The Morgan fingerprint density at radius 2 is 1.82 bits per heavy atom. The fraction of sp³-hybridized carbons (Fsp3) is 0.185. The van der Waals surface area contributed by atoms with Gasteiger partial charge in [-0.3, -0.25) is 4.79 Å². The fourth-order valence-electron chi connectivity index (χ4n) is 3.92. The molecule has 0 atom stereocenters. The number of hydrogen-bond acceptors (Lipinski definition) is 3. The van der Waals surface area contributed by atoms with E-state index in [2.05, 4.69) is 0 Å². The molecule has 7 heteroatoms. The molecule has 1 aliphatic rings. The first-order valence-electron chi connectivity index (χ1n) is 11.1. The van der Waals surface area contributed by atoms with Gasteiger partial charge in [0.2, 0.25) is 5.88 Å². The first-order chi connectivity index (χ1) is 16.5. The van der Waals surface area contributed by atoms with Crippen LogP contribution in [0.1, 0.15) is 34.5 Å². The monoisotopic (exact) mass is 475 g/mol. The number of amides is 1. The molecule has 1 aliphatic carbocycles. The number of hydrogen-bond donors (Lipinski definition) is 0. The summed E-state index contributed by atoms with van der Waals surface area (Å²) in [6.07, 6.45) is 1.77. The molecule has 1 amide bonds. The Morgan fingerprint density at radius 1 is 1.09 bits per heavy atom. The van der Waals surface area contributed by atoms with E-state index in [0.29, 0.717) is 16.7 Å². The lowest BCUT2D eigenvalue weighted by Crippen LogP contribution is -2.33. The van der Waals surface area contributed by atoms with Gasteiger partial charge in [0.15, 0.2) is 0 Å². The normalized spacial score (nSPS) is 13.0. The number of nitrogens with zero attached hydrogens (tertiary/aromatic N) is 3. The Bertz CT molecular complexity index is 1330. The number of carbonyl (C=O) groups is 1. The van der Waals surface area contributed by atoms with E-state index in [9.17, 15) is 9.18 Å². The van der Waals surface area contributed by atoms with Crippen molar-refractivity contribution in [2.45, 2.75) is 32.4 Å². The lowest BCUT2D eigenvalue weighted by Gasteiger charge is -2.23. The van der Waals surface area contributed by atoms with Crippen LogP contribution in [0.15, 0.2) is 78.9 Å². The summed E-state index contributed by atoms with van der Waals surface area (Å²) in [5, 5.41) is 5.30. The van der Waals surface area contributed by atoms with Gasteiger partial charge in [0.25, 0.3) is 5.91 Å². The molecule has 5 rings (SSSR count). The molecule has 4 aromatic rings. The Hall–Kier alpha value is -3.64. The first-order valence-corrected chi connectivity index (χ1v) is 11.5. The van der Waals surface area contributed by atoms with Crippen LogP contribution in [0.25, 0.3) is 5.69 Å². The van der Waals surface area contributed by atoms with Gasteiger partial charge in [0.1, 0.15) is 11.6 Å². The number of carbonyl (C=O) groups excluding carboxylic acids is 1. The van der Waals surface area contributed by atoms with Crippen LogP contribution in [0.4, 0.5) is 4.39 Å². The van der Waals surface area contributed by atoms with Crippen LogP contribution in [0.5, 0.6) is 11.6 Å². The summed E-state index contributed by atoms with van der Waals surface area (Å²) in [7, 11) is 0. The zero-order valence-corrected chi connectivity index (χ0v) is 19.4. The van der Waals surface area contributed by atoms with Crippen molar-refractivity contribution in [1.82, 2.24) is 14.7 Å². The van der Waals surface area contributed by atoms with Crippen molar-refractivity contribution in [3.05, 3.63) is 107 Å². The van der Waals surface area contributed by atoms with Crippen LogP contribution in [0.2, 0.25) is 5.02 Å². The molecule has 5 nitrogen and oxygen atoms in total. The number of aromatic nitrogens is 2. The van der Waals surface area contributed by atoms with E-state index >= 15 is 0 Å². The molecule has 172 valence electrons. The molecule has 1 heterocycles. The van der Waals surface area contributed by atoms with Crippen LogP contribution in [0.3, 0.4) is 0 Å². The molecule has 3 aromatic carbocycles. The molecule has 1 aromatic heterocycles. The fourth-order valence-corrected chi connectivity index (χ4v) is 4.11. The molecular weight excluding hydrogens is 453 g/mol. The minimum absolute atomic E-state index is 0.0607. The van der Waals surface area contributed by atoms with Crippen LogP contribution >= 0.6 is 11.6 Å². The number of ether oxygens (including phenoxy) is 1. The summed E-state index contributed by atoms with van der Waals surface area (Å²) in [6, 6.07) is 22.9. The van der Waals surface area contributed by atoms with Gasteiger partial charge >= 0.3 is 0 Å². The minimum Gasteiger partial charge on any atom is -0.439 e. The van der Waals surface area contributed by atoms with E-state index in [1.54, 1.807) is 33.8 Å². The highest BCUT2D eigenvalue weighted by Gasteiger charge is 2.36. The molecule has 0 bridgehead atoms. The third-order valence-corrected chi connectivity index (χ3v) is 6.06. The van der Waals surface area contributed by atoms with Crippen molar-refractivity contribution >= 4 is 17.5 Å². The predicted molar refractivity (Wildman–Crippen MR) is 129 cm³/mol. The quantitative estimate of drug-likeness (QED) is 0.303. The average Bonchev–Trinajstić information content (AvgIpc) is 3.63. The summed E-state index contributed by atoms with van der Waals surface area (Å²) in [4.78, 5) is 15.1. The largest absolute Gasteiger partial charge is 0.439 e. The van der Waals surface area contributed by atoms with Gasteiger partial charge in [0.05, 0.1) is 29.1 Å². The van der Waals surface area contributed by atoms with Crippen LogP contribution < -0.4 is 4.74 Å². The molecular formula is C27H23ClFN3O2. The summed E-state index contributed by atoms with van der Waals surface area (Å²) in [5.74, 6) is 0.287. The Morgan fingerprint density at radius 3 is 2.53 bits per heavy atom. The summed E-state index contributed by atoms with van der Waals surface area (Å²) < 4.78 is 22.4. The molecule has 0 N–H and O–H groups in total. The van der Waals surface area contributed by atoms with Crippen LogP contribution in [-0.4, -0.2) is 26.6 Å². The van der Waals surface area contributed by atoms with E-state index in [4.69, 9.17) is 21.4 Å². The smallest absolute Gasteiger partial charge is 0.257 e. The molecule has 1 saturated carbocycles. The SMILES string of the molecule is Cc1nn(-c2cccc(Cl)c2)c(Oc2ccccc2)c1CN(C(=O)c1ccccc1F)C1CC1. The third kappa shape index (κ3) is 4.54. The Balaban J connectivity index is 1.57. The zero-order chi connectivity index (χ0) is 23.7. The van der Waals surface area contributed by atoms with E-state index < -0.39 is 5.82 Å². The zero-order valence-electron chi connectivity index (χ0n) is 18.6. The van der Waals surface area contributed by atoms with Crippen molar-refractivity contribution in [2.24, 2.45) is 0 Å². The summed E-state index contributed by atoms with van der Waals surface area (Å²) in [5.41, 5.74) is 2.30. The van der Waals surface area contributed by atoms with Gasteiger partial charge in [0, 0.05) is 11.1 Å². The highest BCUT2D eigenvalue weighted by atomic mass is 35.5. The maximum Gasteiger partial charge on any atom is 0.257 e. The van der Waals surface area contributed by atoms with E-state index in [0.717, 1.165) is 29.8 Å². The van der Waals surface area contributed by atoms with Gasteiger partial charge < -0.3 is 9.64 Å². The van der Waals surface area contributed by atoms with Crippen molar-refractivity contribution in [3.63, 3.8) is 0 Å². The molecule has 0 saturated heterocycles. The molecule has 0 radical (unpaired) electrons. The van der Waals surface area contributed by atoms with Gasteiger partial charge in [-0.25, -0.2) is 9.07 Å². The topological polar surface area (TPSA) is 47.4 Å². The van der Waals surface area contributed by atoms with E-state index in [-0.39, 0.29) is 24.1 Å². The van der Waals surface area contributed by atoms with Crippen molar-refractivity contribution in [1.29, 1.82) is 0 Å². The predicted octanol–water partition coefficient (Wildman–Crippen LogP) is 6.57. The maximum atomic E-state index is 14.4. The molecule has 0 unspecified atom stereocenters. The van der Waals surface area contributed by atoms with E-state index in [1.807, 2.05) is 49.4 Å². The number of aryl methyl sites for hydroxylation is 1. The van der Waals surface area contributed by atoms with Crippen LogP contribution in [-0.2, 0) is 6.54 Å². The number of para-hydroxylation sites is 1. The Kier molecular flexibility index (Phi) is 6.07. The van der Waals surface area contributed by atoms with Gasteiger partial charge in [-0.15, -0.1) is 0 Å². The summed E-state index contributed by atoms with van der Waals surface area (Å²) >= 11 is 6.24. The number of halogens is 2. The van der Waals surface area contributed by atoms with Gasteiger partial charge in [-0.2, -0.15) is 5.10 Å². The molecule has 0 aliphatic heterocycles. The lowest BCUT2D eigenvalue weighted by molar-refractivity contribution is 0.0724. The second-order valence-corrected chi connectivity index (χ2v) is 8.76. The standard InChI is InChI=1S/C27H23ClFN3O2/c1-18-24(17-31(20-14-15-20)26(33)23-12-5-6-13-25(23)29)27(34-22-10-3-2-4-11-22)32(30-18)21-9-7-8-19(28)16-21/h2-13,16,20H,14-15,17H2,1H3. The average molecular weight is 476 g/mol. The number of benzene rings is 3. The maximum absolute atomic E-state index is 14.4. The van der Waals surface area contributed by atoms with Crippen molar-refractivity contribution in [3.8, 4) is 17.3 Å². The summed E-state index contributed by atoms with van der Waals surface area (Å²) in [6.45, 7) is 2.14. The highest BCUT2D eigenvalue weighted by Crippen LogP contribution is 2.36. The minimum atomic E-state index is -0.523. The first kappa shape index (κ1) is 22.2.